The lowest BCUT2D eigenvalue weighted by molar-refractivity contribution is 0.102. The lowest BCUT2D eigenvalue weighted by Crippen LogP contribution is -2.21. The Morgan fingerprint density at radius 2 is 1.71 bits per heavy atom. The van der Waals surface area contributed by atoms with Crippen LogP contribution in [0.5, 0.6) is 0 Å². The predicted molar refractivity (Wildman–Crippen MR) is 114 cm³/mol. The van der Waals surface area contributed by atoms with Crippen molar-refractivity contribution in [3.05, 3.63) is 72.1 Å². The molecule has 2 N–H and O–H groups in total. The third-order valence-electron chi connectivity index (χ3n) is 4.53. The van der Waals surface area contributed by atoms with Crippen LogP contribution in [0.2, 0.25) is 0 Å². The molecule has 2 aromatic carbocycles. The zero-order valence-electron chi connectivity index (χ0n) is 16.4. The molecular weight excluding hydrogens is 350 g/mol. The molecule has 0 fully saturated rings. The van der Waals surface area contributed by atoms with Crippen molar-refractivity contribution in [3.8, 4) is 0 Å². The van der Waals surface area contributed by atoms with Crippen molar-refractivity contribution < 1.29 is 4.79 Å². The Labute approximate surface area is 165 Å². The summed E-state index contributed by atoms with van der Waals surface area (Å²) in [5.41, 5.74) is 4.16. The number of aryl methyl sites for hydroxylation is 1. The van der Waals surface area contributed by atoms with Crippen LogP contribution in [0.25, 0.3) is 0 Å². The number of nitrogens with one attached hydrogen (secondary N) is 2. The van der Waals surface area contributed by atoms with E-state index in [1.807, 2.05) is 55.5 Å². The summed E-state index contributed by atoms with van der Waals surface area (Å²) in [4.78, 5) is 23.4. The number of hydrogen-bond donors (Lipinski definition) is 2. The molecule has 0 bridgehead atoms. The second-order valence-electron chi connectivity index (χ2n) is 6.38. The average molecular weight is 375 g/mol. The van der Waals surface area contributed by atoms with Gasteiger partial charge >= 0.3 is 0 Å². The fourth-order valence-electron chi connectivity index (χ4n) is 2.92. The third kappa shape index (κ3) is 4.65. The molecule has 1 amide bonds. The highest BCUT2D eigenvalue weighted by Gasteiger charge is 2.10. The molecule has 0 aliphatic rings. The second-order valence-corrected chi connectivity index (χ2v) is 6.38. The highest BCUT2D eigenvalue weighted by Crippen LogP contribution is 2.19. The maximum atomic E-state index is 12.6. The van der Waals surface area contributed by atoms with E-state index >= 15 is 0 Å². The first kappa shape index (κ1) is 19.4. The Balaban J connectivity index is 1.70. The molecule has 28 heavy (non-hydrogen) atoms. The van der Waals surface area contributed by atoms with Crippen LogP contribution in [0.15, 0.2) is 60.8 Å². The summed E-state index contributed by atoms with van der Waals surface area (Å²) in [6, 6.07) is 17.3. The Morgan fingerprint density at radius 3 is 2.39 bits per heavy atom. The van der Waals surface area contributed by atoms with E-state index in [1.54, 1.807) is 12.3 Å². The highest BCUT2D eigenvalue weighted by atomic mass is 16.1. The number of aromatic nitrogens is 2. The molecule has 3 aromatic rings. The van der Waals surface area contributed by atoms with Gasteiger partial charge in [-0.05, 0) is 62.7 Å². The van der Waals surface area contributed by atoms with Crippen molar-refractivity contribution in [1.29, 1.82) is 0 Å². The predicted octanol–water partition coefficient (Wildman–Crippen LogP) is 4.63. The van der Waals surface area contributed by atoms with Gasteiger partial charge in [0, 0.05) is 36.3 Å². The number of para-hydroxylation sites is 1. The minimum absolute atomic E-state index is 0.272. The van der Waals surface area contributed by atoms with Crippen LogP contribution in [0.4, 0.5) is 23.0 Å². The van der Waals surface area contributed by atoms with E-state index in [0.717, 1.165) is 35.7 Å². The lowest BCUT2D eigenvalue weighted by Gasteiger charge is -2.21. The van der Waals surface area contributed by atoms with Gasteiger partial charge in [-0.1, -0.05) is 18.2 Å². The molecule has 6 nitrogen and oxygen atoms in total. The number of anilines is 4. The van der Waals surface area contributed by atoms with Crippen molar-refractivity contribution in [2.75, 3.05) is 28.6 Å². The number of amides is 1. The SMILES string of the molecule is CCN(CC)c1ccc(NC(=O)c2ccnc(Nc3ccccc3C)n2)cc1. The minimum Gasteiger partial charge on any atom is -0.372 e. The van der Waals surface area contributed by atoms with E-state index in [9.17, 15) is 4.79 Å². The molecule has 0 saturated heterocycles. The van der Waals surface area contributed by atoms with Crippen LogP contribution in [-0.4, -0.2) is 29.0 Å². The van der Waals surface area contributed by atoms with Crippen LogP contribution in [0, 0.1) is 6.92 Å². The monoisotopic (exact) mass is 375 g/mol. The summed E-state index contributed by atoms with van der Waals surface area (Å²) in [5.74, 6) is 0.115. The number of benzene rings is 2. The van der Waals surface area contributed by atoms with Gasteiger partial charge in [0.15, 0.2) is 0 Å². The van der Waals surface area contributed by atoms with Crippen LogP contribution < -0.4 is 15.5 Å². The summed E-state index contributed by atoms with van der Waals surface area (Å²) in [5, 5.41) is 6.04. The fourth-order valence-corrected chi connectivity index (χ4v) is 2.92. The fraction of sp³-hybridized carbons (Fsp3) is 0.227. The Kier molecular flexibility index (Phi) is 6.22. The van der Waals surface area contributed by atoms with Crippen LogP contribution in [-0.2, 0) is 0 Å². The van der Waals surface area contributed by atoms with Gasteiger partial charge in [0.1, 0.15) is 5.69 Å². The van der Waals surface area contributed by atoms with E-state index in [4.69, 9.17) is 0 Å². The second kappa shape index (κ2) is 8.99. The molecule has 1 aromatic heterocycles. The van der Waals surface area contributed by atoms with Gasteiger partial charge < -0.3 is 15.5 Å². The zero-order valence-corrected chi connectivity index (χ0v) is 16.4. The molecule has 1 heterocycles. The van der Waals surface area contributed by atoms with Gasteiger partial charge in [0.25, 0.3) is 5.91 Å². The van der Waals surface area contributed by atoms with Crippen molar-refractivity contribution in [3.63, 3.8) is 0 Å². The summed E-state index contributed by atoms with van der Waals surface area (Å²) >= 11 is 0. The lowest BCUT2D eigenvalue weighted by atomic mass is 10.2. The Hall–Kier alpha value is -3.41. The molecule has 144 valence electrons. The summed E-state index contributed by atoms with van der Waals surface area (Å²) in [6.07, 6.45) is 1.58. The molecule has 0 unspecified atom stereocenters. The molecule has 0 spiro atoms. The van der Waals surface area contributed by atoms with Crippen molar-refractivity contribution >= 4 is 28.9 Å². The van der Waals surface area contributed by atoms with Crippen LogP contribution in [0.1, 0.15) is 29.9 Å². The quantitative estimate of drug-likeness (QED) is 0.630. The largest absolute Gasteiger partial charge is 0.372 e. The van der Waals surface area contributed by atoms with E-state index in [1.165, 1.54) is 0 Å². The van der Waals surface area contributed by atoms with Gasteiger partial charge in [-0.15, -0.1) is 0 Å². The summed E-state index contributed by atoms with van der Waals surface area (Å²) in [6.45, 7) is 8.13. The standard InChI is InChI=1S/C22H25N5O/c1-4-27(5-2)18-12-10-17(11-13-18)24-21(28)20-14-15-23-22(26-20)25-19-9-7-6-8-16(19)3/h6-15H,4-5H2,1-3H3,(H,24,28)(H,23,25,26). The van der Waals surface area contributed by atoms with Gasteiger partial charge in [-0.25, -0.2) is 9.97 Å². The van der Waals surface area contributed by atoms with Gasteiger partial charge in [0.05, 0.1) is 0 Å². The Morgan fingerprint density at radius 1 is 1.00 bits per heavy atom. The van der Waals surface area contributed by atoms with Crippen molar-refractivity contribution in [2.24, 2.45) is 0 Å². The van der Waals surface area contributed by atoms with E-state index in [-0.39, 0.29) is 5.91 Å². The van der Waals surface area contributed by atoms with E-state index in [0.29, 0.717) is 11.6 Å². The number of rotatable bonds is 7. The number of hydrogen-bond acceptors (Lipinski definition) is 5. The first-order valence-corrected chi connectivity index (χ1v) is 9.42. The average Bonchev–Trinajstić information content (AvgIpc) is 2.72. The first-order chi connectivity index (χ1) is 13.6. The molecule has 0 atom stereocenters. The highest BCUT2D eigenvalue weighted by molar-refractivity contribution is 6.03. The summed E-state index contributed by atoms with van der Waals surface area (Å²) < 4.78 is 0. The topological polar surface area (TPSA) is 70.2 Å². The van der Waals surface area contributed by atoms with E-state index in [2.05, 4.69) is 39.3 Å². The zero-order chi connectivity index (χ0) is 19.9. The molecule has 0 radical (unpaired) electrons. The third-order valence-corrected chi connectivity index (χ3v) is 4.53. The smallest absolute Gasteiger partial charge is 0.274 e. The normalized spacial score (nSPS) is 10.4. The van der Waals surface area contributed by atoms with Gasteiger partial charge in [-0.3, -0.25) is 4.79 Å². The molecule has 0 aliphatic heterocycles. The number of nitrogens with zero attached hydrogens (tertiary/aromatic N) is 3. The molecule has 0 saturated carbocycles. The Bertz CT molecular complexity index is 936. The van der Waals surface area contributed by atoms with Crippen LogP contribution >= 0.6 is 0 Å². The number of carbonyl (C=O) groups excluding carboxylic acids is 1. The first-order valence-electron chi connectivity index (χ1n) is 9.42. The van der Waals surface area contributed by atoms with Crippen molar-refractivity contribution in [2.45, 2.75) is 20.8 Å². The van der Waals surface area contributed by atoms with Gasteiger partial charge in [0.2, 0.25) is 5.95 Å². The minimum atomic E-state index is -0.272. The molecule has 0 aliphatic carbocycles. The van der Waals surface area contributed by atoms with Crippen molar-refractivity contribution in [1.82, 2.24) is 9.97 Å². The summed E-state index contributed by atoms with van der Waals surface area (Å²) in [7, 11) is 0. The molecule has 6 heteroatoms. The van der Waals surface area contributed by atoms with E-state index < -0.39 is 0 Å². The maximum absolute atomic E-state index is 12.6. The molecular formula is C22H25N5O. The van der Waals surface area contributed by atoms with Crippen LogP contribution in [0.3, 0.4) is 0 Å². The maximum Gasteiger partial charge on any atom is 0.274 e. The van der Waals surface area contributed by atoms with Gasteiger partial charge in [-0.2, -0.15) is 0 Å². The number of carbonyl (C=O) groups is 1. The molecule has 3 rings (SSSR count).